The van der Waals surface area contributed by atoms with Crippen LogP contribution in [0.15, 0.2) is 12.1 Å². The van der Waals surface area contributed by atoms with Gasteiger partial charge in [0.2, 0.25) is 0 Å². The van der Waals surface area contributed by atoms with Crippen LogP contribution in [0.3, 0.4) is 0 Å². The summed E-state index contributed by atoms with van der Waals surface area (Å²) in [6.45, 7) is 3.50. The van der Waals surface area contributed by atoms with Crippen LogP contribution in [0.2, 0.25) is 0 Å². The van der Waals surface area contributed by atoms with Gasteiger partial charge >= 0.3 is 0 Å². The lowest BCUT2D eigenvalue weighted by Crippen LogP contribution is -1.89. The fourth-order valence-electron chi connectivity index (χ4n) is 0.998. The molecule has 0 unspecified atom stereocenters. The van der Waals surface area contributed by atoms with Crippen LogP contribution in [-0.2, 0) is 0 Å². The number of halogens is 2. The van der Waals surface area contributed by atoms with Crippen molar-refractivity contribution in [2.45, 2.75) is 20.3 Å². The second-order valence-electron chi connectivity index (χ2n) is 2.80. The van der Waals surface area contributed by atoms with E-state index in [9.17, 15) is 8.78 Å². The monoisotopic (exact) mass is 172 g/mol. The van der Waals surface area contributed by atoms with E-state index in [2.05, 4.69) is 0 Å². The molecule has 0 aliphatic heterocycles. The summed E-state index contributed by atoms with van der Waals surface area (Å²) in [4.78, 5) is 0. The van der Waals surface area contributed by atoms with Crippen LogP contribution in [0.1, 0.15) is 23.1 Å². The highest BCUT2D eigenvalue weighted by atomic mass is 19.3. The average molecular weight is 172 g/mol. The zero-order chi connectivity index (χ0) is 9.30. The third-order valence-electron chi connectivity index (χ3n) is 1.88. The summed E-state index contributed by atoms with van der Waals surface area (Å²) in [6.07, 6.45) is -2.61. The summed E-state index contributed by atoms with van der Waals surface area (Å²) in [5.74, 6) is -0.326. The Bertz CT molecular complexity index is 295. The third-order valence-corrected chi connectivity index (χ3v) is 1.88. The molecule has 0 fully saturated rings. The molecule has 0 bridgehead atoms. The molecule has 0 saturated heterocycles. The SMILES string of the molecule is Cc1cc(O)c(C(F)F)cc1C. The first-order valence-corrected chi connectivity index (χ1v) is 3.60. The molecule has 3 heteroatoms. The molecule has 0 aliphatic carbocycles. The highest BCUT2D eigenvalue weighted by molar-refractivity contribution is 5.41. The maximum atomic E-state index is 12.2. The van der Waals surface area contributed by atoms with Gasteiger partial charge in [0.15, 0.2) is 0 Å². The first-order chi connectivity index (χ1) is 5.52. The van der Waals surface area contributed by atoms with E-state index in [-0.39, 0.29) is 11.3 Å². The van der Waals surface area contributed by atoms with Gasteiger partial charge in [-0.25, -0.2) is 8.78 Å². The standard InChI is InChI=1S/C9H10F2O/c1-5-3-7(9(10)11)8(12)4-6(5)2/h3-4,9,12H,1-2H3. The third kappa shape index (κ3) is 1.55. The number of phenolic OH excluding ortho intramolecular Hbond substituents is 1. The van der Waals surface area contributed by atoms with E-state index in [0.717, 1.165) is 11.1 Å². The highest BCUT2D eigenvalue weighted by Crippen LogP contribution is 2.30. The Balaban J connectivity index is 3.23. The molecule has 1 aromatic rings. The zero-order valence-corrected chi connectivity index (χ0v) is 6.94. The molecule has 12 heavy (non-hydrogen) atoms. The van der Waals surface area contributed by atoms with Crippen LogP contribution < -0.4 is 0 Å². The lowest BCUT2D eigenvalue weighted by molar-refractivity contribution is 0.147. The van der Waals surface area contributed by atoms with Gasteiger partial charge in [0.1, 0.15) is 5.75 Å². The fourth-order valence-corrected chi connectivity index (χ4v) is 0.998. The summed E-state index contributed by atoms with van der Waals surface area (Å²) in [6, 6.07) is 2.67. The van der Waals surface area contributed by atoms with Crippen molar-refractivity contribution in [1.82, 2.24) is 0 Å². The van der Waals surface area contributed by atoms with E-state index in [1.807, 2.05) is 0 Å². The van der Waals surface area contributed by atoms with Gasteiger partial charge in [0.25, 0.3) is 6.43 Å². The number of hydrogen-bond donors (Lipinski definition) is 1. The first-order valence-electron chi connectivity index (χ1n) is 3.60. The molecule has 0 amide bonds. The van der Waals surface area contributed by atoms with Crippen molar-refractivity contribution in [2.75, 3.05) is 0 Å². The number of benzene rings is 1. The molecule has 0 atom stereocenters. The summed E-state index contributed by atoms with van der Waals surface area (Å²) in [5, 5.41) is 9.11. The predicted molar refractivity (Wildman–Crippen MR) is 42.5 cm³/mol. The van der Waals surface area contributed by atoms with Crippen molar-refractivity contribution >= 4 is 0 Å². The van der Waals surface area contributed by atoms with Crippen LogP contribution in [-0.4, -0.2) is 5.11 Å². The van der Waals surface area contributed by atoms with Gasteiger partial charge in [-0.1, -0.05) is 0 Å². The fraction of sp³-hybridized carbons (Fsp3) is 0.333. The van der Waals surface area contributed by atoms with E-state index < -0.39 is 6.43 Å². The van der Waals surface area contributed by atoms with E-state index in [0.29, 0.717) is 0 Å². The normalized spacial score (nSPS) is 10.8. The quantitative estimate of drug-likeness (QED) is 0.690. The van der Waals surface area contributed by atoms with Crippen LogP contribution in [0, 0.1) is 13.8 Å². The first kappa shape index (κ1) is 8.97. The molecule has 1 N–H and O–H groups in total. The minimum atomic E-state index is -2.61. The Morgan fingerprint density at radius 1 is 1.17 bits per heavy atom. The van der Waals surface area contributed by atoms with Crippen molar-refractivity contribution < 1.29 is 13.9 Å². The molecule has 0 spiro atoms. The molecule has 1 aromatic carbocycles. The molecular weight excluding hydrogens is 162 g/mol. The Hall–Kier alpha value is -1.12. The highest BCUT2D eigenvalue weighted by Gasteiger charge is 2.13. The molecular formula is C9H10F2O. The molecule has 0 saturated carbocycles. The lowest BCUT2D eigenvalue weighted by atomic mass is 10.1. The summed E-state index contributed by atoms with van der Waals surface area (Å²) in [7, 11) is 0. The minimum Gasteiger partial charge on any atom is -0.507 e. The van der Waals surface area contributed by atoms with Crippen molar-refractivity contribution in [3.63, 3.8) is 0 Å². The number of alkyl halides is 2. The van der Waals surface area contributed by atoms with Crippen molar-refractivity contribution in [3.05, 3.63) is 28.8 Å². The van der Waals surface area contributed by atoms with Crippen molar-refractivity contribution in [3.8, 4) is 5.75 Å². The van der Waals surface area contributed by atoms with Gasteiger partial charge in [-0.2, -0.15) is 0 Å². The number of aromatic hydroxyl groups is 1. The average Bonchev–Trinajstić information content (AvgIpc) is 1.96. The van der Waals surface area contributed by atoms with Crippen LogP contribution in [0.4, 0.5) is 8.78 Å². The van der Waals surface area contributed by atoms with Gasteiger partial charge < -0.3 is 5.11 Å². The van der Waals surface area contributed by atoms with Crippen LogP contribution in [0.25, 0.3) is 0 Å². The minimum absolute atomic E-state index is 0.293. The predicted octanol–water partition coefficient (Wildman–Crippen LogP) is 2.95. The lowest BCUT2D eigenvalue weighted by Gasteiger charge is -2.06. The van der Waals surface area contributed by atoms with Gasteiger partial charge in [-0.05, 0) is 37.1 Å². The molecule has 0 radical (unpaired) electrons. The van der Waals surface area contributed by atoms with Gasteiger partial charge in [0.05, 0.1) is 5.56 Å². The van der Waals surface area contributed by atoms with Gasteiger partial charge in [-0.15, -0.1) is 0 Å². The number of aryl methyl sites for hydroxylation is 2. The maximum absolute atomic E-state index is 12.2. The van der Waals surface area contributed by atoms with Crippen molar-refractivity contribution in [1.29, 1.82) is 0 Å². The van der Waals surface area contributed by atoms with E-state index in [1.54, 1.807) is 13.8 Å². The summed E-state index contributed by atoms with van der Waals surface area (Å²) in [5.41, 5.74) is 1.29. The molecule has 1 rings (SSSR count). The summed E-state index contributed by atoms with van der Waals surface area (Å²) >= 11 is 0. The molecule has 66 valence electrons. The van der Waals surface area contributed by atoms with E-state index >= 15 is 0 Å². The van der Waals surface area contributed by atoms with Crippen LogP contribution in [0.5, 0.6) is 5.75 Å². The zero-order valence-electron chi connectivity index (χ0n) is 6.94. The Kier molecular flexibility index (Phi) is 2.31. The summed E-state index contributed by atoms with van der Waals surface area (Å²) < 4.78 is 24.4. The van der Waals surface area contributed by atoms with Crippen molar-refractivity contribution in [2.24, 2.45) is 0 Å². The Morgan fingerprint density at radius 2 is 1.67 bits per heavy atom. The maximum Gasteiger partial charge on any atom is 0.267 e. The smallest absolute Gasteiger partial charge is 0.267 e. The van der Waals surface area contributed by atoms with E-state index in [1.165, 1.54) is 12.1 Å². The van der Waals surface area contributed by atoms with E-state index in [4.69, 9.17) is 5.11 Å². The molecule has 0 aliphatic rings. The number of hydrogen-bond acceptors (Lipinski definition) is 1. The van der Waals surface area contributed by atoms with Crippen LogP contribution >= 0.6 is 0 Å². The number of phenols is 1. The molecule has 0 aromatic heterocycles. The van der Waals surface area contributed by atoms with Gasteiger partial charge in [-0.3, -0.25) is 0 Å². The Morgan fingerprint density at radius 3 is 2.17 bits per heavy atom. The largest absolute Gasteiger partial charge is 0.507 e. The van der Waals surface area contributed by atoms with Gasteiger partial charge in [0, 0.05) is 0 Å². The second-order valence-corrected chi connectivity index (χ2v) is 2.80. The molecule has 0 heterocycles. The topological polar surface area (TPSA) is 20.2 Å². The molecule has 1 nitrogen and oxygen atoms in total. The second kappa shape index (κ2) is 3.09. The Labute approximate surface area is 69.7 Å². The number of rotatable bonds is 1.